The molecule has 0 aliphatic carbocycles. The highest BCUT2D eigenvalue weighted by atomic mass is 127. The molecule has 1 N–H and O–H groups in total. The number of carbonyl (C=O) groups excluding carboxylic acids is 1. The van der Waals surface area contributed by atoms with Crippen LogP contribution in [0.25, 0.3) is 11.3 Å². The van der Waals surface area contributed by atoms with E-state index in [1.54, 1.807) is 6.20 Å². The maximum atomic E-state index is 11.5. The van der Waals surface area contributed by atoms with Gasteiger partial charge in [0.1, 0.15) is 5.60 Å². The highest BCUT2D eigenvalue weighted by molar-refractivity contribution is 14.1. The van der Waals surface area contributed by atoms with E-state index in [9.17, 15) is 4.79 Å². The van der Waals surface area contributed by atoms with E-state index in [0.29, 0.717) is 5.76 Å². The van der Waals surface area contributed by atoms with E-state index in [4.69, 9.17) is 9.15 Å². The predicted octanol–water partition coefficient (Wildman–Crippen LogP) is 3.82. The molecule has 2 rings (SSSR count). The number of hydrogen-bond donors (Lipinski definition) is 1. The lowest BCUT2D eigenvalue weighted by molar-refractivity contribution is 0.0535. The molecule has 2 aromatic rings. The first kappa shape index (κ1) is 17.3. The first-order valence-corrected chi connectivity index (χ1v) is 8.07. The van der Waals surface area contributed by atoms with E-state index >= 15 is 0 Å². The SMILES string of the molecule is CC(C)(C)OC(=O)NCC#Cc1ccc(I)cc1-c1cnco1. The number of amides is 1. The zero-order valence-corrected chi connectivity index (χ0v) is 15.3. The van der Waals surface area contributed by atoms with Crippen molar-refractivity contribution in [2.45, 2.75) is 26.4 Å². The smallest absolute Gasteiger partial charge is 0.408 e. The van der Waals surface area contributed by atoms with Gasteiger partial charge in [0.05, 0.1) is 12.7 Å². The molecule has 5 nitrogen and oxygen atoms in total. The molecule has 0 saturated carbocycles. The Morgan fingerprint density at radius 2 is 2.22 bits per heavy atom. The number of nitrogens with zero attached hydrogens (tertiary/aromatic N) is 1. The van der Waals surface area contributed by atoms with Gasteiger partial charge in [-0.3, -0.25) is 0 Å². The largest absolute Gasteiger partial charge is 0.444 e. The molecule has 0 atom stereocenters. The van der Waals surface area contributed by atoms with Crippen LogP contribution in [-0.4, -0.2) is 23.2 Å². The predicted molar refractivity (Wildman–Crippen MR) is 95.8 cm³/mol. The molecule has 6 heteroatoms. The average molecular weight is 424 g/mol. The maximum absolute atomic E-state index is 11.5. The van der Waals surface area contributed by atoms with Crippen LogP contribution in [0.3, 0.4) is 0 Å². The first-order chi connectivity index (χ1) is 10.8. The zero-order chi connectivity index (χ0) is 16.9. The third-order valence-corrected chi connectivity index (χ3v) is 3.29. The summed E-state index contributed by atoms with van der Waals surface area (Å²) in [4.78, 5) is 15.5. The number of benzene rings is 1. The zero-order valence-electron chi connectivity index (χ0n) is 13.1. The molecule has 1 heterocycles. The van der Waals surface area contributed by atoms with Gasteiger partial charge in [-0.05, 0) is 61.6 Å². The van der Waals surface area contributed by atoms with Crippen LogP contribution in [0.5, 0.6) is 0 Å². The summed E-state index contributed by atoms with van der Waals surface area (Å²) in [7, 11) is 0. The first-order valence-electron chi connectivity index (χ1n) is 6.99. The molecule has 23 heavy (non-hydrogen) atoms. The molecular weight excluding hydrogens is 407 g/mol. The summed E-state index contributed by atoms with van der Waals surface area (Å²) in [6, 6.07) is 5.86. The topological polar surface area (TPSA) is 64.4 Å². The van der Waals surface area contributed by atoms with Gasteiger partial charge in [0, 0.05) is 14.7 Å². The van der Waals surface area contributed by atoms with Gasteiger partial charge in [0.25, 0.3) is 0 Å². The standard InChI is InChI=1S/C17H17IN2O3/c1-17(2,3)23-16(21)20-8-4-5-12-6-7-13(18)9-14(12)15-10-19-11-22-15/h6-7,9-11H,8H2,1-3H3,(H,20,21). The van der Waals surface area contributed by atoms with E-state index in [1.807, 2.05) is 39.0 Å². The molecule has 0 fully saturated rings. The maximum Gasteiger partial charge on any atom is 0.408 e. The number of aromatic nitrogens is 1. The van der Waals surface area contributed by atoms with Crippen LogP contribution in [0.4, 0.5) is 4.79 Å². The van der Waals surface area contributed by atoms with Crippen LogP contribution in [-0.2, 0) is 4.74 Å². The second-order valence-electron chi connectivity index (χ2n) is 5.71. The third kappa shape index (κ3) is 5.60. The third-order valence-electron chi connectivity index (χ3n) is 2.62. The summed E-state index contributed by atoms with van der Waals surface area (Å²) < 4.78 is 11.6. The molecule has 0 unspecified atom stereocenters. The Hall–Kier alpha value is -2.01. The van der Waals surface area contributed by atoms with Crippen LogP contribution in [0.1, 0.15) is 26.3 Å². The molecule has 0 aliphatic rings. The number of ether oxygens (including phenoxy) is 1. The van der Waals surface area contributed by atoms with Gasteiger partial charge in [-0.2, -0.15) is 0 Å². The summed E-state index contributed by atoms with van der Waals surface area (Å²) in [5, 5.41) is 2.60. The highest BCUT2D eigenvalue weighted by Gasteiger charge is 2.15. The van der Waals surface area contributed by atoms with E-state index in [1.165, 1.54) is 6.39 Å². The van der Waals surface area contributed by atoms with Crippen molar-refractivity contribution in [3.05, 3.63) is 39.9 Å². The van der Waals surface area contributed by atoms with Crippen LogP contribution >= 0.6 is 22.6 Å². The molecule has 0 bridgehead atoms. The van der Waals surface area contributed by atoms with Crippen molar-refractivity contribution in [3.63, 3.8) is 0 Å². The summed E-state index contributed by atoms with van der Waals surface area (Å²) in [5.41, 5.74) is 1.17. The Bertz CT molecular complexity index is 737. The lowest BCUT2D eigenvalue weighted by atomic mass is 10.1. The average Bonchev–Trinajstić information content (AvgIpc) is 2.97. The van der Waals surface area contributed by atoms with Crippen molar-refractivity contribution < 1.29 is 13.9 Å². The molecule has 1 aromatic carbocycles. The lowest BCUT2D eigenvalue weighted by Crippen LogP contribution is -2.32. The second kappa shape index (κ2) is 7.51. The molecule has 0 radical (unpaired) electrons. The minimum absolute atomic E-state index is 0.205. The minimum Gasteiger partial charge on any atom is -0.444 e. The van der Waals surface area contributed by atoms with Crippen molar-refractivity contribution >= 4 is 28.7 Å². The number of oxazole rings is 1. The molecule has 120 valence electrons. The van der Waals surface area contributed by atoms with E-state index in [0.717, 1.165) is 14.7 Å². The summed E-state index contributed by atoms with van der Waals surface area (Å²) in [6.45, 7) is 5.64. The van der Waals surface area contributed by atoms with Crippen molar-refractivity contribution in [1.29, 1.82) is 0 Å². The Morgan fingerprint density at radius 1 is 1.43 bits per heavy atom. The van der Waals surface area contributed by atoms with Crippen molar-refractivity contribution in [2.75, 3.05) is 6.54 Å². The van der Waals surface area contributed by atoms with Crippen LogP contribution in [0.15, 0.2) is 35.2 Å². The van der Waals surface area contributed by atoms with Gasteiger partial charge in [-0.25, -0.2) is 9.78 Å². The number of halogens is 1. The summed E-state index contributed by atoms with van der Waals surface area (Å²) in [5.74, 6) is 6.61. The van der Waals surface area contributed by atoms with E-state index < -0.39 is 11.7 Å². The van der Waals surface area contributed by atoms with Crippen molar-refractivity contribution in [2.24, 2.45) is 0 Å². The number of alkyl carbamates (subject to hydrolysis) is 1. The Kier molecular flexibility index (Phi) is 5.66. The van der Waals surface area contributed by atoms with Gasteiger partial charge in [-0.15, -0.1) is 0 Å². The monoisotopic (exact) mass is 424 g/mol. The molecule has 0 aliphatic heterocycles. The number of carbonyl (C=O) groups is 1. The fourth-order valence-corrected chi connectivity index (χ4v) is 2.24. The van der Waals surface area contributed by atoms with Crippen molar-refractivity contribution in [1.82, 2.24) is 10.3 Å². The quantitative estimate of drug-likeness (QED) is 0.588. The lowest BCUT2D eigenvalue weighted by Gasteiger charge is -2.19. The normalized spacial score (nSPS) is 10.6. The van der Waals surface area contributed by atoms with Crippen LogP contribution < -0.4 is 5.32 Å². The summed E-state index contributed by atoms with van der Waals surface area (Å²) in [6.07, 6.45) is 2.55. The van der Waals surface area contributed by atoms with Crippen LogP contribution in [0.2, 0.25) is 0 Å². The summed E-state index contributed by atoms with van der Waals surface area (Å²) >= 11 is 2.23. The molecule has 1 amide bonds. The molecular formula is C17H17IN2O3. The molecule has 0 spiro atoms. The van der Waals surface area contributed by atoms with Gasteiger partial charge in [0.2, 0.25) is 0 Å². The van der Waals surface area contributed by atoms with Crippen molar-refractivity contribution in [3.8, 4) is 23.2 Å². The molecule has 0 saturated heterocycles. The van der Waals surface area contributed by atoms with Gasteiger partial charge >= 0.3 is 6.09 Å². The highest BCUT2D eigenvalue weighted by Crippen LogP contribution is 2.24. The number of rotatable bonds is 2. The number of hydrogen-bond acceptors (Lipinski definition) is 4. The van der Waals surface area contributed by atoms with Crippen LogP contribution in [0, 0.1) is 15.4 Å². The second-order valence-corrected chi connectivity index (χ2v) is 6.96. The Morgan fingerprint density at radius 3 is 2.87 bits per heavy atom. The fraction of sp³-hybridized carbons (Fsp3) is 0.294. The Labute approximate surface area is 149 Å². The molecule has 1 aromatic heterocycles. The van der Waals surface area contributed by atoms with E-state index in [-0.39, 0.29) is 6.54 Å². The number of nitrogens with one attached hydrogen (secondary N) is 1. The van der Waals surface area contributed by atoms with E-state index in [2.05, 4.69) is 44.7 Å². The Balaban J connectivity index is 2.06. The fourth-order valence-electron chi connectivity index (χ4n) is 1.75. The minimum atomic E-state index is -0.521. The van der Waals surface area contributed by atoms with Gasteiger partial charge in [0.15, 0.2) is 12.2 Å². The van der Waals surface area contributed by atoms with Gasteiger partial charge < -0.3 is 14.5 Å². The van der Waals surface area contributed by atoms with Gasteiger partial charge in [-0.1, -0.05) is 11.8 Å².